The summed E-state index contributed by atoms with van der Waals surface area (Å²) in [6.45, 7) is 6.77. The van der Waals surface area contributed by atoms with Gasteiger partial charge >= 0.3 is 142 Å². The molecule has 0 aliphatic carbocycles. The number of hydrogen-bond acceptors (Lipinski definition) is 0. The number of rotatable bonds is 8. The summed E-state index contributed by atoms with van der Waals surface area (Å²) in [7, 11) is 0. The van der Waals surface area contributed by atoms with Gasteiger partial charge in [0.25, 0.3) is 0 Å². The third kappa shape index (κ3) is 5.46. The van der Waals surface area contributed by atoms with Crippen LogP contribution in [-0.2, 0) is 12.8 Å². The molecule has 21 heavy (non-hydrogen) atoms. The first-order chi connectivity index (χ1) is 10.2. The van der Waals surface area contributed by atoms with Gasteiger partial charge in [0.05, 0.1) is 0 Å². The Hall–Kier alpha value is -0.261. The quantitative estimate of drug-likeness (QED) is 0.584. The summed E-state index contributed by atoms with van der Waals surface area (Å²) in [5.41, 5.74) is 1.37. The molecular formula is C19H26Se2. The summed E-state index contributed by atoms with van der Waals surface area (Å²) >= 11 is 1.17. The Morgan fingerprint density at radius 1 is 0.952 bits per heavy atom. The van der Waals surface area contributed by atoms with E-state index in [4.69, 9.17) is 0 Å². The Bertz CT molecular complexity index is 537. The molecule has 2 rings (SSSR count). The summed E-state index contributed by atoms with van der Waals surface area (Å²) < 4.78 is 6.78. The van der Waals surface area contributed by atoms with Gasteiger partial charge in [-0.1, -0.05) is 0 Å². The van der Waals surface area contributed by atoms with Crippen LogP contribution in [0.1, 0.15) is 54.0 Å². The van der Waals surface area contributed by atoms with Gasteiger partial charge in [-0.05, 0) is 0 Å². The van der Waals surface area contributed by atoms with E-state index in [1.165, 1.54) is 48.6 Å². The van der Waals surface area contributed by atoms with Crippen molar-refractivity contribution < 1.29 is 0 Å². The fraction of sp³-hybridized carbons (Fsp3) is 0.474. The molecule has 2 heteroatoms. The van der Waals surface area contributed by atoms with Crippen molar-refractivity contribution in [3.8, 4) is 0 Å². The molecule has 0 unspecified atom stereocenters. The standard InChI is InChI=1S/C19H26Se2/c1-4-6-8-17-14-19(18(21-17)9-7-5-2)20-16-12-10-15(3)11-13-16/h10-14H,4-9H2,1-3H3. The SMILES string of the molecule is CCCCc1cc([Se]c2ccc(C)cc2)c(CCCC)[se]1. The fourth-order valence-corrected chi connectivity index (χ4v) is 7.94. The molecule has 0 aliphatic heterocycles. The van der Waals surface area contributed by atoms with Gasteiger partial charge in [-0.15, -0.1) is 0 Å². The van der Waals surface area contributed by atoms with Crippen molar-refractivity contribution >= 4 is 38.4 Å². The summed E-state index contributed by atoms with van der Waals surface area (Å²) in [6.07, 6.45) is 8.02. The van der Waals surface area contributed by atoms with Gasteiger partial charge in [0.15, 0.2) is 0 Å². The molecule has 1 aromatic heterocycles. The Labute approximate surface area is 142 Å². The van der Waals surface area contributed by atoms with E-state index in [2.05, 4.69) is 51.1 Å². The molecule has 0 fully saturated rings. The topological polar surface area (TPSA) is 0 Å². The normalized spacial score (nSPS) is 11.0. The molecule has 0 bridgehead atoms. The first kappa shape index (κ1) is 17.1. The van der Waals surface area contributed by atoms with Crippen molar-refractivity contribution in [1.29, 1.82) is 0 Å². The molecule has 0 saturated heterocycles. The van der Waals surface area contributed by atoms with Crippen LogP contribution in [0.25, 0.3) is 0 Å². The van der Waals surface area contributed by atoms with Gasteiger partial charge in [-0.3, -0.25) is 0 Å². The molecule has 0 saturated carbocycles. The van der Waals surface area contributed by atoms with E-state index in [1.807, 2.05) is 0 Å². The summed E-state index contributed by atoms with van der Waals surface area (Å²) in [6, 6.07) is 11.7. The fourth-order valence-electron chi connectivity index (χ4n) is 2.27. The van der Waals surface area contributed by atoms with Crippen LogP contribution < -0.4 is 8.92 Å². The molecule has 0 radical (unpaired) electrons. The zero-order valence-corrected chi connectivity index (χ0v) is 16.9. The van der Waals surface area contributed by atoms with Crippen LogP contribution in [0.5, 0.6) is 0 Å². The zero-order valence-electron chi connectivity index (χ0n) is 13.4. The van der Waals surface area contributed by atoms with E-state index in [0.717, 1.165) is 0 Å². The van der Waals surface area contributed by atoms with Crippen molar-refractivity contribution in [1.82, 2.24) is 0 Å². The molecule has 114 valence electrons. The average Bonchev–Trinajstić information content (AvgIpc) is 2.87. The Morgan fingerprint density at radius 2 is 1.62 bits per heavy atom. The molecular weight excluding hydrogens is 386 g/mol. The van der Waals surface area contributed by atoms with E-state index in [-0.39, 0.29) is 0 Å². The van der Waals surface area contributed by atoms with Gasteiger partial charge in [-0.2, -0.15) is 0 Å². The van der Waals surface area contributed by atoms with E-state index < -0.39 is 0 Å². The first-order valence-corrected chi connectivity index (χ1v) is 11.5. The first-order valence-electron chi connectivity index (χ1n) is 8.09. The predicted octanol–water partition coefficient (Wildman–Crippen LogP) is 3.39. The molecule has 0 N–H and O–H groups in total. The second-order valence-electron chi connectivity index (χ2n) is 5.62. The van der Waals surface area contributed by atoms with Crippen LogP contribution in [0.3, 0.4) is 0 Å². The molecule has 0 nitrogen and oxygen atoms in total. The molecule has 0 spiro atoms. The van der Waals surface area contributed by atoms with Crippen molar-refractivity contribution in [3.63, 3.8) is 0 Å². The minimum absolute atomic E-state index is 0.506. The van der Waals surface area contributed by atoms with Gasteiger partial charge in [0, 0.05) is 0 Å². The molecule has 0 aliphatic rings. The van der Waals surface area contributed by atoms with Crippen LogP contribution in [0.4, 0.5) is 0 Å². The summed E-state index contributed by atoms with van der Waals surface area (Å²) in [5, 5.41) is 0. The average molecular weight is 412 g/mol. The molecule has 1 aromatic carbocycles. The van der Waals surface area contributed by atoms with Crippen molar-refractivity contribution in [2.45, 2.75) is 59.3 Å². The third-order valence-corrected chi connectivity index (χ3v) is 9.18. The van der Waals surface area contributed by atoms with Crippen LogP contribution in [0.15, 0.2) is 30.3 Å². The Balaban J connectivity index is 2.14. The zero-order chi connectivity index (χ0) is 15.1. The number of benzene rings is 1. The molecule has 0 amide bonds. The van der Waals surface area contributed by atoms with E-state index in [1.54, 1.807) is 13.3 Å². The van der Waals surface area contributed by atoms with Gasteiger partial charge < -0.3 is 0 Å². The van der Waals surface area contributed by atoms with Crippen molar-refractivity contribution in [2.75, 3.05) is 0 Å². The van der Waals surface area contributed by atoms with Gasteiger partial charge in [0.1, 0.15) is 0 Å². The molecule has 1 heterocycles. The van der Waals surface area contributed by atoms with Gasteiger partial charge in [-0.25, -0.2) is 0 Å². The van der Waals surface area contributed by atoms with Crippen LogP contribution in [-0.4, -0.2) is 29.5 Å². The monoisotopic (exact) mass is 414 g/mol. The second kappa shape index (κ2) is 9.01. The van der Waals surface area contributed by atoms with E-state index in [9.17, 15) is 0 Å². The predicted molar refractivity (Wildman–Crippen MR) is 96.8 cm³/mol. The van der Waals surface area contributed by atoms with Crippen molar-refractivity contribution in [2.24, 2.45) is 0 Å². The number of unbranched alkanes of at least 4 members (excludes halogenated alkanes) is 2. The van der Waals surface area contributed by atoms with Crippen LogP contribution in [0, 0.1) is 6.92 Å². The number of aryl methyl sites for hydroxylation is 3. The van der Waals surface area contributed by atoms with E-state index in [0.29, 0.717) is 29.5 Å². The van der Waals surface area contributed by atoms with Crippen LogP contribution in [0.2, 0.25) is 0 Å². The van der Waals surface area contributed by atoms with Crippen LogP contribution >= 0.6 is 0 Å². The maximum absolute atomic E-state index is 2.57. The second-order valence-corrected chi connectivity index (χ2v) is 10.5. The Kier molecular flexibility index (Phi) is 7.33. The molecule has 0 atom stereocenters. The van der Waals surface area contributed by atoms with Gasteiger partial charge in [0.2, 0.25) is 0 Å². The minimum atomic E-state index is 0.506. The summed E-state index contributed by atoms with van der Waals surface area (Å²) in [5.74, 6) is 0. The molecule has 2 aromatic rings. The third-order valence-electron chi connectivity index (χ3n) is 3.60. The summed E-state index contributed by atoms with van der Waals surface area (Å²) in [4.78, 5) is 0. The van der Waals surface area contributed by atoms with Crippen molar-refractivity contribution in [3.05, 3.63) is 44.8 Å². The number of hydrogen-bond donors (Lipinski definition) is 0. The maximum atomic E-state index is 2.57. The Morgan fingerprint density at radius 3 is 2.29 bits per heavy atom. The van der Waals surface area contributed by atoms with E-state index >= 15 is 0 Å².